The molecule has 3 rings (SSSR count). The van der Waals surface area contributed by atoms with E-state index in [0.717, 1.165) is 43.4 Å². The highest BCUT2D eigenvalue weighted by atomic mass is 16.5. The second kappa shape index (κ2) is 11.8. The number of hydrogen-bond donors (Lipinski definition) is 0. The maximum atomic E-state index is 6.07. The number of rotatable bonds is 9. The Bertz CT molecular complexity index is 811. The Hall–Kier alpha value is -1.87. The lowest BCUT2D eigenvalue weighted by molar-refractivity contribution is -0.0707. The van der Waals surface area contributed by atoms with Crippen LogP contribution in [0.2, 0.25) is 0 Å². The summed E-state index contributed by atoms with van der Waals surface area (Å²) in [6.45, 7) is 19.2. The van der Waals surface area contributed by atoms with Crippen molar-refractivity contribution in [3.05, 3.63) is 59.4 Å². The average molecular weight is 442 g/mol. The fourth-order valence-electron chi connectivity index (χ4n) is 3.77. The molecule has 1 aromatic carbocycles. The molecule has 1 aliphatic carbocycles. The number of nitrogens with zero attached hydrogens (tertiary/aromatic N) is 1. The fourth-order valence-corrected chi connectivity index (χ4v) is 3.77. The second-order valence-corrected chi connectivity index (χ2v) is 10.7. The van der Waals surface area contributed by atoms with Gasteiger partial charge in [-0.15, -0.1) is 0 Å². The monoisotopic (exact) mass is 441 g/mol. The molecule has 32 heavy (non-hydrogen) atoms. The minimum absolute atomic E-state index is 0. The van der Waals surface area contributed by atoms with Gasteiger partial charge in [0.1, 0.15) is 5.75 Å². The molecule has 0 amide bonds. The van der Waals surface area contributed by atoms with Crippen molar-refractivity contribution in [2.24, 2.45) is 17.3 Å². The fraction of sp³-hybridized carbons (Fsp3) is 0.621. The molecule has 3 nitrogen and oxygen atoms in total. The zero-order chi connectivity index (χ0) is 23.8. The highest BCUT2D eigenvalue weighted by Crippen LogP contribution is 2.35. The molecule has 2 unspecified atom stereocenters. The lowest BCUT2D eigenvalue weighted by Crippen LogP contribution is -2.33. The van der Waals surface area contributed by atoms with Gasteiger partial charge in [0.05, 0.1) is 12.2 Å². The summed E-state index contributed by atoms with van der Waals surface area (Å²) in [7, 11) is 0. The highest BCUT2D eigenvalue weighted by molar-refractivity contribution is 5.27. The molecule has 180 valence electrons. The number of benzene rings is 1. The van der Waals surface area contributed by atoms with Crippen LogP contribution in [0.1, 0.15) is 86.0 Å². The van der Waals surface area contributed by atoms with Crippen molar-refractivity contribution in [1.82, 2.24) is 4.98 Å². The first kappa shape index (κ1) is 26.4. The van der Waals surface area contributed by atoms with Crippen molar-refractivity contribution >= 4 is 0 Å². The standard InChI is InChI=1S/C18H31NO.C11H14O.H2/c1-8-14(3)18(7,20-9-2)15-10-11-16(19-13-15)12-17(4,5)6;1-9-3-2-4-11(7-9)12-8-10-5-6-10;/h10-11,13-14H,8-9,12H2,1-7H3;2-4,7,10H,5-6,8H2,1H3;1H. The van der Waals surface area contributed by atoms with Crippen molar-refractivity contribution in [2.45, 2.75) is 86.7 Å². The number of aryl methyl sites for hydroxylation is 1. The van der Waals surface area contributed by atoms with E-state index in [-0.39, 0.29) is 12.4 Å². The van der Waals surface area contributed by atoms with E-state index in [0.29, 0.717) is 5.92 Å². The van der Waals surface area contributed by atoms with Crippen LogP contribution in [-0.4, -0.2) is 18.2 Å². The average Bonchev–Trinajstić information content (AvgIpc) is 3.56. The van der Waals surface area contributed by atoms with Gasteiger partial charge < -0.3 is 9.47 Å². The Kier molecular flexibility index (Phi) is 9.76. The molecule has 1 aliphatic rings. The van der Waals surface area contributed by atoms with Gasteiger partial charge in [-0.25, -0.2) is 0 Å². The van der Waals surface area contributed by atoms with Gasteiger partial charge in [0.15, 0.2) is 0 Å². The summed E-state index contributed by atoms with van der Waals surface area (Å²) < 4.78 is 11.7. The van der Waals surface area contributed by atoms with Crippen molar-refractivity contribution in [3.8, 4) is 5.75 Å². The number of hydrogen-bond acceptors (Lipinski definition) is 3. The van der Waals surface area contributed by atoms with E-state index < -0.39 is 0 Å². The normalized spacial score (nSPS) is 16.5. The molecule has 0 aliphatic heterocycles. The summed E-state index contributed by atoms with van der Waals surface area (Å²) in [5, 5.41) is 0. The predicted octanol–water partition coefficient (Wildman–Crippen LogP) is 8.00. The lowest BCUT2D eigenvalue weighted by Gasteiger charge is -2.35. The molecule has 0 N–H and O–H groups in total. The third-order valence-corrected chi connectivity index (χ3v) is 6.28. The molecule has 0 saturated heterocycles. The van der Waals surface area contributed by atoms with Gasteiger partial charge in [-0.3, -0.25) is 4.98 Å². The molecule has 2 aromatic rings. The molecular formula is C29H47NO2. The van der Waals surface area contributed by atoms with Crippen LogP contribution in [0.15, 0.2) is 42.6 Å². The third kappa shape index (κ3) is 8.58. The van der Waals surface area contributed by atoms with Crippen molar-refractivity contribution in [1.29, 1.82) is 0 Å². The molecule has 1 saturated carbocycles. The van der Waals surface area contributed by atoms with Crippen LogP contribution in [0.5, 0.6) is 5.75 Å². The zero-order valence-electron chi connectivity index (χ0n) is 21.7. The summed E-state index contributed by atoms with van der Waals surface area (Å²) in [5.41, 5.74) is 3.64. The highest BCUT2D eigenvalue weighted by Gasteiger charge is 2.33. The number of pyridine rings is 1. The predicted molar refractivity (Wildman–Crippen MR) is 137 cm³/mol. The first-order valence-electron chi connectivity index (χ1n) is 12.4. The summed E-state index contributed by atoms with van der Waals surface area (Å²) in [5.74, 6) is 2.32. The number of ether oxygens (including phenoxy) is 2. The first-order chi connectivity index (χ1) is 15.1. The maximum Gasteiger partial charge on any atom is 0.119 e. The third-order valence-electron chi connectivity index (χ3n) is 6.28. The van der Waals surface area contributed by atoms with Gasteiger partial charge >= 0.3 is 0 Å². The zero-order valence-corrected chi connectivity index (χ0v) is 21.7. The van der Waals surface area contributed by atoms with Crippen LogP contribution in [0, 0.1) is 24.2 Å². The van der Waals surface area contributed by atoms with Crippen LogP contribution in [0.4, 0.5) is 0 Å². The summed E-state index contributed by atoms with van der Waals surface area (Å²) in [4.78, 5) is 4.65. The van der Waals surface area contributed by atoms with E-state index in [1.165, 1.54) is 24.0 Å². The van der Waals surface area contributed by atoms with Crippen molar-refractivity contribution in [2.75, 3.05) is 13.2 Å². The Labute approximate surface area is 198 Å². The summed E-state index contributed by atoms with van der Waals surface area (Å²) in [6.07, 6.45) is 6.81. The largest absolute Gasteiger partial charge is 0.493 e. The molecule has 1 aromatic heterocycles. The van der Waals surface area contributed by atoms with E-state index in [1.54, 1.807) is 0 Å². The van der Waals surface area contributed by atoms with Crippen molar-refractivity contribution in [3.63, 3.8) is 0 Å². The van der Waals surface area contributed by atoms with Crippen LogP contribution in [-0.2, 0) is 16.8 Å². The van der Waals surface area contributed by atoms with E-state index in [1.807, 2.05) is 18.3 Å². The van der Waals surface area contributed by atoms with Gasteiger partial charge in [0.2, 0.25) is 0 Å². The smallest absolute Gasteiger partial charge is 0.119 e. The second-order valence-electron chi connectivity index (χ2n) is 10.7. The minimum Gasteiger partial charge on any atom is -0.493 e. The van der Waals surface area contributed by atoms with E-state index >= 15 is 0 Å². The summed E-state index contributed by atoms with van der Waals surface area (Å²) in [6, 6.07) is 12.6. The van der Waals surface area contributed by atoms with Gasteiger partial charge in [0.25, 0.3) is 0 Å². The first-order valence-corrected chi connectivity index (χ1v) is 12.4. The lowest BCUT2D eigenvalue weighted by atomic mass is 9.82. The van der Waals surface area contributed by atoms with E-state index in [9.17, 15) is 0 Å². The molecule has 0 spiro atoms. The van der Waals surface area contributed by atoms with Crippen LogP contribution < -0.4 is 4.74 Å². The topological polar surface area (TPSA) is 31.4 Å². The Balaban J connectivity index is 0.000000356. The van der Waals surface area contributed by atoms with E-state index in [2.05, 4.69) is 84.6 Å². The Morgan fingerprint density at radius 3 is 2.31 bits per heavy atom. The molecule has 2 atom stereocenters. The van der Waals surface area contributed by atoms with Crippen molar-refractivity contribution < 1.29 is 10.9 Å². The van der Waals surface area contributed by atoms with Crippen LogP contribution in [0.3, 0.4) is 0 Å². The molecule has 0 bridgehead atoms. The Morgan fingerprint density at radius 1 is 1.09 bits per heavy atom. The molecule has 1 fully saturated rings. The number of aromatic nitrogens is 1. The quantitative estimate of drug-likeness (QED) is 0.395. The maximum absolute atomic E-state index is 6.07. The van der Waals surface area contributed by atoms with Gasteiger partial charge in [-0.1, -0.05) is 59.2 Å². The van der Waals surface area contributed by atoms with Gasteiger partial charge in [-0.05, 0) is 81.0 Å². The molecular weight excluding hydrogens is 394 g/mol. The minimum atomic E-state index is -0.239. The SMILES string of the molecule is CCOC(C)(c1ccc(CC(C)(C)C)nc1)C(C)CC.Cc1cccc(OCC2CC2)c1.[HH]. The van der Waals surface area contributed by atoms with Gasteiger partial charge in [-0.2, -0.15) is 0 Å². The summed E-state index contributed by atoms with van der Waals surface area (Å²) >= 11 is 0. The van der Waals surface area contributed by atoms with E-state index in [4.69, 9.17) is 9.47 Å². The Morgan fingerprint density at radius 2 is 1.81 bits per heavy atom. The molecule has 3 heteroatoms. The molecule has 1 heterocycles. The molecule has 0 radical (unpaired) electrons. The van der Waals surface area contributed by atoms with Gasteiger partial charge in [0, 0.05) is 25.5 Å². The van der Waals surface area contributed by atoms with Crippen LogP contribution >= 0.6 is 0 Å². The van der Waals surface area contributed by atoms with Crippen LogP contribution in [0.25, 0.3) is 0 Å².